The molecule has 3 heteroatoms. The molecule has 0 aliphatic carbocycles. The van der Waals surface area contributed by atoms with E-state index >= 15 is 0 Å². The maximum Gasteiger partial charge on any atom is 0.0579 e. The zero-order valence-corrected chi connectivity index (χ0v) is 7.86. The van der Waals surface area contributed by atoms with Crippen LogP contribution in [-0.4, -0.2) is 0 Å². The van der Waals surface area contributed by atoms with Gasteiger partial charge in [-0.05, 0) is 26.0 Å². The summed E-state index contributed by atoms with van der Waals surface area (Å²) in [6.07, 6.45) is 1.90. The van der Waals surface area contributed by atoms with Gasteiger partial charge in [-0.2, -0.15) is 0 Å². The number of para-hydroxylation sites is 1. The molecule has 1 N–H and O–H groups in total. The standard InChI is InChI=1S/C10H13N3/c1-3-9(2)11-13-12-10-7-5-4-6-8-10/h3-8H,1-2H3,(H,11,12)/b9-3+. The minimum atomic E-state index is 0.892. The Hall–Kier alpha value is -1.64. The molecule has 1 rings (SSSR count). The van der Waals surface area contributed by atoms with Gasteiger partial charge < -0.3 is 0 Å². The molecule has 0 bridgehead atoms. The lowest BCUT2D eigenvalue weighted by Crippen LogP contribution is -1.84. The number of nitrogens with zero attached hydrogens (tertiary/aromatic N) is 2. The van der Waals surface area contributed by atoms with Gasteiger partial charge in [0.1, 0.15) is 0 Å². The lowest BCUT2D eigenvalue weighted by atomic mass is 10.3. The van der Waals surface area contributed by atoms with Gasteiger partial charge >= 0.3 is 0 Å². The Balaban J connectivity index is 2.48. The average molecular weight is 175 g/mol. The molecule has 3 nitrogen and oxygen atoms in total. The predicted molar refractivity (Wildman–Crippen MR) is 54.4 cm³/mol. The molecule has 0 aliphatic rings. The Labute approximate surface area is 78.2 Å². The number of anilines is 1. The van der Waals surface area contributed by atoms with Gasteiger partial charge in [-0.1, -0.05) is 29.5 Å². The monoisotopic (exact) mass is 175 g/mol. The summed E-state index contributed by atoms with van der Waals surface area (Å²) >= 11 is 0. The van der Waals surface area contributed by atoms with Crippen molar-refractivity contribution in [2.24, 2.45) is 10.3 Å². The van der Waals surface area contributed by atoms with Crippen LogP contribution in [0.15, 0.2) is 52.4 Å². The first-order chi connectivity index (χ1) is 6.33. The largest absolute Gasteiger partial charge is 0.260 e. The Morgan fingerprint density at radius 3 is 2.62 bits per heavy atom. The third-order valence-corrected chi connectivity index (χ3v) is 1.58. The Morgan fingerprint density at radius 1 is 1.31 bits per heavy atom. The van der Waals surface area contributed by atoms with Crippen LogP contribution in [0.25, 0.3) is 0 Å². The molecule has 0 saturated heterocycles. The summed E-state index contributed by atoms with van der Waals surface area (Å²) in [5.41, 5.74) is 4.66. The van der Waals surface area contributed by atoms with Crippen molar-refractivity contribution in [2.75, 3.05) is 5.43 Å². The van der Waals surface area contributed by atoms with E-state index in [0.29, 0.717) is 0 Å². The van der Waals surface area contributed by atoms with Crippen LogP contribution < -0.4 is 5.43 Å². The van der Waals surface area contributed by atoms with E-state index in [1.165, 1.54) is 0 Å². The van der Waals surface area contributed by atoms with Gasteiger partial charge in [-0.3, -0.25) is 5.43 Å². The van der Waals surface area contributed by atoms with Crippen LogP contribution in [0.4, 0.5) is 5.69 Å². The number of hydrogen-bond acceptors (Lipinski definition) is 2. The first-order valence-corrected chi connectivity index (χ1v) is 4.17. The molecule has 0 atom stereocenters. The van der Waals surface area contributed by atoms with E-state index < -0.39 is 0 Å². The van der Waals surface area contributed by atoms with E-state index in [2.05, 4.69) is 15.8 Å². The molecule has 0 amide bonds. The molecular formula is C10H13N3. The Morgan fingerprint density at radius 2 is 2.00 bits per heavy atom. The van der Waals surface area contributed by atoms with Crippen LogP contribution in [-0.2, 0) is 0 Å². The quantitative estimate of drug-likeness (QED) is 0.554. The predicted octanol–water partition coefficient (Wildman–Crippen LogP) is 3.39. The van der Waals surface area contributed by atoms with Crippen LogP contribution in [0.3, 0.4) is 0 Å². The summed E-state index contributed by atoms with van der Waals surface area (Å²) in [7, 11) is 0. The highest BCUT2D eigenvalue weighted by Gasteiger charge is 1.84. The minimum Gasteiger partial charge on any atom is -0.260 e. The van der Waals surface area contributed by atoms with Crippen molar-refractivity contribution < 1.29 is 0 Å². The highest BCUT2D eigenvalue weighted by atomic mass is 15.4. The molecule has 0 saturated carbocycles. The molecule has 1 aromatic carbocycles. The van der Waals surface area contributed by atoms with Crippen LogP contribution in [0.1, 0.15) is 13.8 Å². The summed E-state index contributed by atoms with van der Waals surface area (Å²) in [6.45, 7) is 3.83. The fraction of sp³-hybridized carbons (Fsp3) is 0.200. The van der Waals surface area contributed by atoms with Crippen LogP contribution in [0.5, 0.6) is 0 Å². The van der Waals surface area contributed by atoms with Crippen molar-refractivity contribution in [2.45, 2.75) is 13.8 Å². The summed E-state index contributed by atoms with van der Waals surface area (Å²) in [5, 5.41) is 7.73. The number of benzene rings is 1. The first kappa shape index (κ1) is 9.45. The third-order valence-electron chi connectivity index (χ3n) is 1.58. The zero-order chi connectivity index (χ0) is 9.52. The molecule has 0 spiro atoms. The van der Waals surface area contributed by atoms with E-state index in [1.807, 2.05) is 50.3 Å². The maximum atomic E-state index is 3.91. The topological polar surface area (TPSA) is 36.8 Å². The van der Waals surface area contributed by atoms with Crippen LogP contribution >= 0.6 is 0 Å². The molecule has 13 heavy (non-hydrogen) atoms. The number of rotatable bonds is 3. The van der Waals surface area contributed by atoms with Crippen molar-refractivity contribution in [3.8, 4) is 0 Å². The average Bonchev–Trinajstić information content (AvgIpc) is 2.19. The second-order valence-electron chi connectivity index (χ2n) is 2.61. The van der Waals surface area contributed by atoms with E-state index in [1.54, 1.807) is 0 Å². The van der Waals surface area contributed by atoms with Gasteiger partial charge in [0.05, 0.1) is 11.4 Å². The van der Waals surface area contributed by atoms with Crippen molar-refractivity contribution >= 4 is 5.69 Å². The summed E-state index contributed by atoms with van der Waals surface area (Å²) in [5.74, 6) is 0. The van der Waals surface area contributed by atoms with Gasteiger partial charge in [-0.25, -0.2) is 0 Å². The fourth-order valence-electron chi connectivity index (χ4n) is 0.732. The lowest BCUT2D eigenvalue weighted by molar-refractivity contribution is 1.06. The molecule has 0 aliphatic heterocycles. The number of allylic oxidation sites excluding steroid dienone is 2. The van der Waals surface area contributed by atoms with E-state index in [4.69, 9.17) is 0 Å². The van der Waals surface area contributed by atoms with Gasteiger partial charge in [0, 0.05) is 0 Å². The molecule has 68 valence electrons. The molecule has 1 aromatic rings. The van der Waals surface area contributed by atoms with E-state index in [0.717, 1.165) is 11.4 Å². The Kier molecular flexibility index (Phi) is 3.70. The normalized spacial score (nSPS) is 12.0. The number of hydrogen-bond donors (Lipinski definition) is 1. The molecule has 0 heterocycles. The summed E-state index contributed by atoms with van der Waals surface area (Å²) < 4.78 is 0. The zero-order valence-electron chi connectivity index (χ0n) is 7.86. The second-order valence-corrected chi connectivity index (χ2v) is 2.61. The van der Waals surface area contributed by atoms with Crippen molar-refractivity contribution in [3.63, 3.8) is 0 Å². The summed E-state index contributed by atoms with van der Waals surface area (Å²) in [4.78, 5) is 0. The summed E-state index contributed by atoms with van der Waals surface area (Å²) in [6, 6.07) is 9.72. The highest BCUT2D eigenvalue weighted by molar-refractivity contribution is 5.41. The van der Waals surface area contributed by atoms with Crippen molar-refractivity contribution in [3.05, 3.63) is 42.1 Å². The molecule has 0 radical (unpaired) electrons. The van der Waals surface area contributed by atoms with Crippen LogP contribution in [0.2, 0.25) is 0 Å². The molecule has 0 unspecified atom stereocenters. The van der Waals surface area contributed by atoms with E-state index in [9.17, 15) is 0 Å². The minimum absolute atomic E-state index is 0.892. The van der Waals surface area contributed by atoms with Crippen LogP contribution in [0, 0.1) is 0 Å². The van der Waals surface area contributed by atoms with Gasteiger partial charge in [0.2, 0.25) is 0 Å². The van der Waals surface area contributed by atoms with E-state index in [-0.39, 0.29) is 0 Å². The highest BCUT2D eigenvalue weighted by Crippen LogP contribution is 2.05. The third kappa shape index (κ3) is 3.51. The Bertz CT molecular complexity index is 301. The second kappa shape index (κ2) is 5.09. The van der Waals surface area contributed by atoms with Gasteiger partial charge in [0.25, 0.3) is 0 Å². The molecular weight excluding hydrogens is 162 g/mol. The van der Waals surface area contributed by atoms with Crippen molar-refractivity contribution in [1.29, 1.82) is 0 Å². The SMILES string of the molecule is C/C=C(\C)N=NNc1ccccc1. The maximum absolute atomic E-state index is 3.91. The first-order valence-electron chi connectivity index (χ1n) is 4.17. The van der Waals surface area contributed by atoms with Gasteiger partial charge in [0.15, 0.2) is 0 Å². The molecule has 0 aromatic heterocycles. The lowest BCUT2D eigenvalue weighted by Gasteiger charge is -1.96. The van der Waals surface area contributed by atoms with Gasteiger partial charge in [-0.15, -0.1) is 5.11 Å². The smallest absolute Gasteiger partial charge is 0.0579 e. The fourth-order valence-corrected chi connectivity index (χ4v) is 0.732. The molecule has 0 fully saturated rings. The number of nitrogens with one attached hydrogen (secondary N) is 1. The van der Waals surface area contributed by atoms with Crippen molar-refractivity contribution in [1.82, 2.24) is 0 Å².